The van der Waals surface area contributed by atoms with Gasteiger partial charge in [0.1, 0.15) is 0 Å². The number of nitrogens with one attached hydrogen (secondary N) is 2. The molecule has 0 aliphatic carbocycles. The summed E-state index contributed by atoms with van der Waals surface area (Å²) in [4.78, 5) is 5.65. The SMILES string of the molecule is CC(C)(C)N1CC(CC(C)(C)N2CC3CCCNC3C2)CC2CNCC21. The van der Waals surface area contributed by atoms with Gasteiger partial charge in [0.25, 0.3) is 0 Å². The largest absolute Gasteiger partial charge is 0.315 e. The van der Waals surface area contributed by atoms with E-state index in [0.29, 0.717) is 5.54 Å². The topological polar surface area (TPSA) is 30.5 Å². The van der Waals surface area contributed by atoms with Crippen molar-refractivity contribution >= 4 is 0 Å². The highest BCUT2D eigenvalue weighted by Crippen LogP contribution is 2.40. The molecule has 4 aliphatic rings. The van der Waals surface area contributed by atoms with Gasteiger partial charge in [-0.05, 0) is 91.1 Å². The first kappa shape index (κ1) is 19.2. The van der Waals surface area contributed by atoms with Crippen LogP contribution >= 0.6 is 0 Å². The molecule has 0 bridgehead atoms. The molecule has 0 aromatic rings. The highest BCUT2D eigenvalue weighted by Gasteiger charge is 2.46. The Labute approximate surface area is 161 Å². The summed E-state index contributed by atoms with van der Waals surface area (Å²) in [5.74, 6) is 2.58. The summed E-state index contributed by atoms with van der Waals surface area (Å²) in [5, 5.41) is 7.46. The second kappa shape index (κ2) is 7.02. The molecule has 0 radical (unpaired) electrons. The third-order valence-electron chi connectivity index (χ3n) is 7.90. The zero-order valence-corrected chi connectivity index (χ0v) is 17.9. The van der Waals surface area contributed by atoms with E-state index in [1.807, 2.05) is 0 Å². The molecule has 150 valence electrons. The van der Waals surface area contributed by atoms with Crippen LogP contribution in [0.1, 0.15) is 60.3 Å². The molecule has 4 nitrogen and oxygen atoms in total. The number of piperidine rings is 2. The second-order valence-corrected chi connectivity index (χ2v) is 11.3. The fraction of sp³-hybridized carbons (Fsp3) is 1.00. The summed E-state index contributed by atoms with van der Waals surface area (Å²) in [6.07, 6.45) is 5.57. The van der Waals surface area contributed by atoms with Gasteiger partial charge in [-0.1, -0.05) is 0 Å². The summed E-state index contributed by atoms with van der Waals surface area (Å²) in [6, 6.07) is 1.51. The van der Waals surface area contributed by atoms with E-state index in [9.17, 15) is 0 Å². The Morgan fingerprint density at radius 1 is 0.962 bits per heavy atom. The molecule has 0 spiro atoms. The Balaban J connectivity index is 1.42. The molecule has 0 aromatic heterocycles. The fourth-order valence-electron chi connectivity index (χ4n) is 6.54. The Bertz CT molecular complexity index is 483. The Kier molecular flexibility index (Phi) is 5.18. The van der Waals surface area contributed by atoms with Crippen LogP contribution in [0.3, 0.4) is 0 Å². The zero-order chi connectivity index (χ0) is 18.5. The van der Waals surface area contributed by atoms with E-state index in [2.05, 4.69) is 55.1 Å². The molecule has 4 saturated heterocycles. The van der Waals surface area contributed by atoms with Crippen molar-refractivity contribution in [2.75, 3.05) is 39.3 Å². The van der Waals surface area contributed by atoms with Gasteiger partial charge in [-0.3, -0.25) is 9.80 Å². The predicted octanol–water partition coefficient (Wildman–Crippen LogP) is 2.55. The van der Waals surface area contributed by atoms with Crippen LogP contribution in [0.15, 0.2) is 0 Å². The van der Waals surface area contributed by atoms with Crippen molar-refractivity contribution in [1.82, 2.24) is 20.4 Å². The van der Waals surface area contributed by atoms with Crippen LogP contribution in [0.5, 0.6) is 0 Å². The number of hydrogen-bond acceptors (Lipinski definition) is 4. The van der Waals surface area contributed by atoms with Crippen molar-refractivity contribution in [1.29, 1.82) is 0 Å². The van der Waals surface area contributed by atoms with Gasteiger partial charge in [-0.25, -0.2) is 0 Å². The van der Waals surface area contributed by atoms with Crippen LogP contribution in [-0.4, -0.2) is 72.2 Å². The molecule has 26 heavy (non-hydrogen) atoms. The van der Waals surface area contributed by atoms with Crippen LogP contribution in [0.2, 0.25) is 0 Å². The number of rotatable bonds is 3. The van der Waals surface area contributed by atoms with Crippen molar-refractivity contribution in [2.24, 2.45) is 17.8 Å². The first-order valence-electron chi connectivity index (χ1n) is 11.2. The monoisotopic (exact) mass is 362 g/mol. The minimum Gasteiger partial charge on any atom is -0.315 e. The molecule has 5 atom stereocenters. The number of fused-ring (bicyclic) bond motifs is 2. The standard InChI is InChI=1S/C22H42N4/c1-21(2,3)26-13-16(9-18-11-23-12-20(18)26)10-22(4,5)25-14-17-7-6-8-24-19(17)15-25/h16-20,23-24H,6-15H2,1-5H3. The molecule has 4 heteroatoms. The average Bonchev–Trinajstić information content (AvgIpc) is 3.19. The van der Waals surface area contributed by atoms with E-state index in [4.69, 9.17) is 0 Å². The zero-order valence-electron chi connectivity index (χ0n) is 17.9. The molecule has 0 saturated carbocycles. The molecular weight excluding hydrogens is 320 g/mol. The summed E-state index contributed by atoms with van der Waals surface area (Å²) < 4.78 is 0. The second-order valence-electron chi connectivity index (χ2n) is 11.3. The Hall–Kier alpha value is -0.160. The van der Waals surface area contributed by atoms with Gasteiger partial charge in [0.15, 0.2) is 0 Å². The number of likely N-dealkylation sites (tertiary alicyclic amines) is 2. The van der Waals surface area contributed by atoms with Gasteiger partial charge < -0.3 is 10.6 Å². The summed E-state index contributed by atoms with van der Waals surface area (Å²) in [7, 11) is 0. The highest BCUT2D eigenvalue weighted by molar-refractivity contribution is 5.02. The third kappa shape index (κ3) is 3.72. The number of nitrogens with zero attached hydrogens (tertiary/aromatic N) is 2. The normalized spacial score (nSPS) is 39.8. The van der Waals surface area contributed by atoms with Crippen LogP contribution in [0.4, 0.5) is 0 Å². The first-order chi connectivity index (χ1) is 12.2. The molecule has 0 amide bonds. The van der Waals surface area contributed by atoms with E-state index in [-0.39, 0.29) is 5.54 Å². The van der Waals surface area contributed by atoms with Crippen LogP contribution in [0, 0.1) is 17.8 Å². The summed E-state index contributed by atoms with van der Waals surface area (Å²) in [6.45, 7) is 19.8. The minimum absolute atomic E-state index is 0.282. The first-order valence-corrected chi connectivity index (χ1v) is 11.2. The van der Waals surface area contributed by atoms with Crippen LogP contribution in [0.25, 0.3) is 0 Å². The van der Waals surface area contributed by atoms with Crippen LogP contribution in [-0.2, 0) is 0 Å². The third-order valence-corrected chi connectivity index (χ3v) is 7.90. The lowest BCUT2D eigenvalue weighted by Crippen LogP contribution is -2.57. The Morgan fingerprint density at radius 2 is 1.77 bits per heavy atom. The van der Waals surface area contributed by atoms with Crippen molar-refractivity contribution in [3.63, 3.8) is 0 Å². The van der Waals surface area contributed by atoms with Gasteiger partial charge >= 0.3 is 0 Å². The molecule has 5 unspecified atom stereocenters. The number of hydrogen-bond donors (Lipinski definition) is 2. The van der Waals surface area contributed by atoms with Crippen LogP contribution < -0.4 is 10.6 Å². The lowest BCUT2D eigenvalue weighted by Gasteiger charge is -2.50. The molecule has 4 fully saturated rings. The fourth-order valence-corrected chi connectivity index (χ4v) is 6.54. The van der Waals surface area contributed by atoms with Gasteiger partial charge in [0.05, 0.1) is 0 Å². The average molecular weight is 363 g/mol. The molecule has 2 N–H and O–H groups in total. The van der Waals surface area contributed by atoms with Crippen molar-refractivity contribution < 1.29 is 0 Å². The molecule has 4 aliphatic heterocycles. The van der Waals surface area contributed by atoms with Gasteiger partial charge in [-0.2, -0.15) is 0 Å². The summed E-state index contributed by atoms with van der Waals surface area (Å²) >= 11 is 0. The van der Waals surface area contributed by atoms with E-state index >= 15 is 0 Å². The predicted molar refractivity (Wildman–Crippen MR) is 109 cm³/mol. The minimum atomic E-state index is 0.282. The maximum Gasteiger partial charge on any atom is 0.0266 e. The Morgan fingerprint density at radius 3 is 2.50 bits per heavy atom. The highest BCUT2D eigenvalue weighted by atomic mass is 15.3. The molecule has 0 aromatic carbocycles. The molecular formula is C22H42N4. The quantitative estimate of drug-likeness (QED) is 0.808. The van der Waals surface area contributed by atoms with Crippen molar-refractivity contribution in [3.8, 4) is 0 Å². The van der Waals surface area contributed by atoms with E-state index in [1.54, 1.807) is 0 Å². The summed E-state index contributed by atoms with van der Waals surface area (Å²) in [5.41, 5.74) is 0.608. The smallest absolute Gasteiger partial charge is 0.0266 e. The van der Waals surface area contributed by atoms with Crippen molar-refractivity contribution in [2.45, 2.75) is 83.5 Å². The maximum absolute atomic E-state index is 3.79. The van der Waals surface area contributed by atoms with Gasteiger partial charge in [0.2, 0.25) is 0 Å². The van der Waals surface area contributed by atoms with Crippen molar-refractivity contribution in [3.05, 3.63) is 0 Å². The maximum atomic E-state index is 3.79. The lowest BCUT2D eigenvalue weighted by molar-refractivity contribution is -0.00787. The lowest BCUT2D eigenvalue weighted by atomic mass is 9.77. The van der Waals surface area contributed by atoms with Gasteiger partial charge in [-0.15, -0.1) is 0 Å². The van der Waals surface area contributed by atoms with E-state index in [1.165, 1.54) is 65.0 Å². The molecule has 4 rings (SSSR count). The van der Waals surface area contributed by atoms with Gasteiger partial charge in [0, 0.05) is 49.3 Å². The van der Waals surface area contributed by atoms with E-state index in [0.717, 1.165) is 29.8 Å². The van der Waals surface area contributed by atoms with E-state index < -0.39 is 0 Å². The molecule has 4 heterocycles.